The van der Waals surface area contributed by atoms with Crippen LogP contribution >= 0.6 is 0 Å². The summed E-state index contributed by atoms with van der Waals surface area (Å²) in [5.74, 6) is -2.19. The van der Waals surface area contributed by atoms with Gasteiger partial charge >= 0.3 is 0 Å². The highest BCUT2D eigenvalue weighted by Gasteiger charge is 2.13. The van der Waals surface area contributed by atoms with Gasteiger partial charge in [0, 0.05) is 25.5 Å². The summed E-state index contributed by atoms with van der Waals surface area (Å²) in [6.45, 7) is 0. The van der Waals surface area contributed by atoms with E-state index in [1.54, 1.807) is 12.1 Å². The maximum Gasteiger partial charge on any atom is 0.183 e. The molecule has 0 atom stereocenters. The molecule has 20 heavy (non-hydrogen) atoms. The predicted octanol–water partition coefficient (Wildman–Crippen LogP) is 3.65. The van der Waals surface area contributed by atoms with E-state index >= 15 is 0 Å². The monoisotopic (exact) mass is 273 g/mol. The molecule has 0 aromatic heterocycles. The van der Waals surface area contributed by atoms with E-state index in [9.17, 15) is 8.78 Å². The predicted molar refractivity (Wildman–Crippen MR) is 75.1 cm³/mol. The molecule has 0 spiro atoms. The molecule has 0 saturated carbocycles. The van der Waals surface area contributed by atoms with Crippen LogP contribution in [0.2, 0.25) is 0 Å². The molecule has 0 saturated heterocycles. The summed E-state index contributed by atoms with van der Waals surface area (Å²) in [4.78, 5) is 1.90. The number of hydrogen-bond donors (Lipinski definition) is 1. The van der Waals surface area contributed by atoms with Gasteiger partial charge < -0.3 is 10.2 Å². The first-order valence-electron chi connectivity index (χ1n) is 5.95. The number of nitrogens with one attached hydrogen (secondary N) is 1. The minimum absolute atomic E-state index is 0.00240. The van der Waals surface area contributed by atoms with Crippen molar-refractivity contribution in [2.24, 2.45) is 0 Å². The van der Waals surface area contributed by atoms with Crippen molar-refractivity contribution >= 4 is 17.1 Å². The summed E-state index contributed by atoms with van der Waals surface area (Å²) in [6, 6.07) is 11.5. The van der Waals surface area contributed by atoms with Crippen molar-refractivity contribution in [3.63, 3.8) is 0 Å². The Morgan fingerprint density at radius 1 is 1.10 bits per heavy atom. The molecule has 0 fully saturated rings. The van der Waals surface area contributed by atoms with Crippen LogP contribution in [0.1, 0.15) is 5.56 Å². The van der Waals surface area contributed by atoms with Crippen LogP contribution in [0, 0.1) is 23.0 Å². The van der Waals surface area contributed by atoms with E-state index in [2.05, 4.69) is 5.32 Å². The van der Waals surface area contributed by atoms with Crippen molar-refractivity contribution in [3.05, 3.63) is 53.6 Å². The molecule has 0 aliphatic heterocycles. The average Bonchev–Trinajstić information content (AvgIpc) is 2.44. The van der Waals surface area contributed by atoms with Gasteiger partial charge in [-0.05, 0) is 30.3 Å². The molecule has 0 amide bonds. The fourth-order valence-electron chi connectivity index (χ4n) is 1.75. The molecule has 0 heterocycles. The van der Waals surface area contributed by atoms with E-state index in [-0.39, 0.29) is 11.3 Å². The van der Waals surface area contributed by atoms with Crippen LogP contribution in [0.25, 0.3) is 0 Å². The molecule has 0 aliphatic carbocycles. The van der Waals surface area contributed by atoms with Crippen molar-refractivity contribution in [2.75, 3.05) is 24.3 Å². The molecule has 0 radical (unpaired) electrons. The van der Waals surface area contributed by atoms with E-state index in [0.29, 0.717) is 5.69 Å². The number of nitrogens with zero attached hydrogens (tertiary/aromatic N) is 2. The van der Waals surface area contributed by atoms with Gasteiger partial charge in [-0.3, -0.25) is 0 Å². The number of benzene rings is 2. The Morgan fingerprint density at radius 3 is 2.50 bits per heavy atom. The summed E-state index contributed by atoms with van der Waals surface area (Å²) in [7, 11) is 3.78. The second-order valence-electron chi connectivity index (χ2n) is 4.47. The maximum absolute atomic E-state index is 13.8. The quantitative estimate of drug-likeness (QED) is 0.927. The fraction of sp³-hybridized carbons (Fsp3) is 0.133. The van der Waals surface area contributed by atoms with Crippen LogP contribution in [-0.4, -0.2) is 14.1 Å². The van der Waals surface area contributed by atoms with Gasteiger partial charge in [-0.15, -0.1) is 0 Å². The molecule has 0 unspecified atom stereocenters. The topological polar surface area (TPSA) is 39.1 Å². The van der Waals surface area contributed by atoms with E-state index in [1.165, 1.54) is 12.1 Å². The van der Waals surface area contributed by atoms with E-state index in [4.69, 9.17) is 5.26 Å². The number of hydrogen-bond acceptors (Lipinski definition) is 3. The third-order valence-electron chi connectivity index (χ3n) is 2.84. The van der Waals surface area contributed by atoms with Crippen LogP contribution in [-0.2, 0) is 0 Å². The van der Waals surface area contributed by atoms with E-state index in [1.807, 2.05) is 37.2 Å². The van der Waals surface area contributed by atoms with Crippen LogP contribution in [0.4, 0.5) is 25.8 Å². The Balaban J connectivity index is 2.34. The Bertz CT molecular complexity index is 675. The average molecular weight is 273 g/mol. The van der Waals surface area contributed by atoms with Crippen molar-refractivity contribution in [2.45, 2.75) is 0 Å². The zero-order valence-corrected chi connectivity index (χ0v) is 11.1. The molecule has 102 valence electrons. The standard InChI is InChI=1S/C15H13F2N3/c1-20(2)12-5-3-4-11(8-12)19-13-7-6-10(9-18)14(16)15(13)17/h3-8,19H,1-2H3. The van der Waals surface area contributed by atoms with Crippen LogP contribution < -0.4 is 10.2 Å². The van der Waals surface area contributed by atoms with Crippen molar-refractivity contribution in [1.82, 2.24) is 0 Å². The highest BCUT2D eigenvalue weighted by Crippen LogP contribution is 2.25. The lowest BCUT2D eigenvalue weighted by Gasteiger charge is -2.15. The van der Waals surface area contributed by atoms with Gasteiger partial charge in [0.2, 0.25) is 0 Å². The van der Waals surface area contributed by atoms with Gasteiger partial charge in [-0.2, -0.15) is 5.26 Å². The van der Waals surface area contributed by atoms with Gasteiger partial charge in [0.25, 0.3) is 0 Å². The smallest absolute Gasteiger partial charge is 0.183 e. The lowest BCUT2D eigenvalue weighted by molar-refractivity contribution is 0.509. The zero-order valence-electron chi connectivity index (χ0n) is 11.1. The minimum atomic E-state index is -1.14. The van der Waals surface area contributed by atoms with Crippen molar-refractivity contribution in [1.29, 1.82) is 5.26 Å². The highest BCUT2D eigenvalue weighted by atomic mass is 19.2. The van der Waals surface area contributed by atoms with Crippen LogP contribution in [0.5, 0.6) is 0 Å². The molecular weight excluding hydrogens is 260 g/mol. The van der Waals surface area contributed by atoms with Gasteiger partial charge in [0.1, 0.15) is 6.07 Å². The SMILES string of the molecule is CN(C)c1cccc(Nc2ccc(C#N)c(F)c2F)c1. The van der Waals surface area contributed by atoms with Crippen LogP contribution in [0.3, 0.4) is 0 Å². The number of halogens is 2. The molecule has 3 nitrogen and oxygen atoms in total. The van der Waals surface area contributed by atoms with E-state index in [0.717, 1.165) is 5.69 Å². The lowest BCUT2D eigenvalue weighted by Crippen LogP contribution is -2.08. The molecule has 2 aromatic rings. The molecular formula is C15H13F2N3. The summed E-state index contributed by atoms with van der Waals surface area (Å²) in [6.07, 6.45) is 0. The molecule has 1 N–H and O–H groups in total. The minimum Gasteiger partial charge on any atom is -0.378 e. The summed E-state index contributed by atoms with van der Waals surface area (Å²) >= 11 is 0. The maximum atomic E-state index is 13.8. The van der Waals surface area contributed by atoms with Gasteiger partial charge in [-0.1, -0.05) is 6.07 Å². The Kier molecular flexibility index (Phi) is 3.85. The first kappa shape index (κ1) is 13.8. The zero-order chi connectivity index (χ0) is 14.7. The van der Waals surface area contributed by atoms with Gasteiger partial charge in [0.05, 0.1) is 11.3 Å². The summed E-state index contributed by atoms with van der Waals surface area (Å²) in [5, 5.41) is 11.4. The number of anilines is 3. The second kappa shape index (κ2) is 5.57. The molecule has 0 bridgehead atoms. The molecule has 2 rings (SSSR count). The van der Waals surface area contributed by atoms with E-state index < -0.39 is 11.6 Å². The summed E-state index contributed by atoms with van der Waals surface area (Å²) < 4.78 is 27.3. The first-order chi connectivity index (χ1) is 9.52. The highest BCUT2D eigenvalue weighted by molar-refractivity contribution is 5.66. The fourth-order valence-corrected chi connectivity index (χ4v) is 1.75. The van der Waals surface area contributed by atoms with Crippen molar-refractivity contribution < 1.29 is 8.78 Å². The Hall–Kier alpha value is -2.61. The first-order valence-corrected chi connectivity index (χ1v) is 5.95. The normalized spacial score (nSPS) is 9.95. The Morgan fingerprint density at radius 2 is 1.85 bits per heavy atom. The third kappa shape index (κ3) is 2.69. The number of rotatable bonds is 3. The van der Waals surface area contributed by atoms with Gasteiger partial charge in [-0.25, -0.2) is 8.78 Å². The third-order valence-corrected chi connectivity index (χ3v) is 2.84. The molecule has 0 aliphatic rings. The van der Waals surface area contributed by atoms with Crippen molar-refractivity contribution in [3.8, 4) is 6.07 Å². The second-order valence-corrected chi connectivity index (χ2v) is 4.47. The number of nitriles is 1. The molecule has 5 heteroatoms. The Labute approximate surface area is 116 Å². The van der Waals surface area contributed by atoms with Gasteiger partial charge in [0.15, 0.2) is 11.6 Å². The largest absolute Gasteiger partial charge is 0.378 e. The lowest BCUT2D eigenvalue weighted by atomic mass is 10.2. The molecule has 2 aromatic carbocycles. The van der Waals surface area contributed by atoms with Crippen LogP contribution in [0.15, 0.2) is 36.4 Å². The summed E-state index contributed by atoms with van der Waals surface area (Å²) in [5.41, 5.74) is 1.26.